The lowest BCUT2D eigenvalue weighted by atomic mass is 10.2. The van der Waals surface area contributed by atoms with Gasteiger partial charge in [0.15, 0.2) is 0 Å². The minimum Gasteiger partial charge on any atom is -0.398 e. The number of benzene rings is 1. The lowest BCUT2D eigenvalue weighted by Crippen LogP contribution is -2.25. The second kappa shape index (κ2) is 4.84. The summed E-state index contributed by atoms with van der Waals surface area (Å²) in [5.41, 5.74) is 13.3. The van der Waals surface area contributed by atoms with Crippen LogP contribution in [0.5, 0.6) is 0 Å². The summed E-state index contributed by atoms with van der Waals surface area (Å²) in [5, 5.41) is 0. The van der Waals surface area contributed by atoms with E-state index in [-0.39, 0.29) is 0 Å². The molecule has 0 atom stereocenters. The van der Waals surface area contributed by atoms with Crippen LogP contribution in [-0.2, 0) is 6.54 Å². The van der Waals surface area contributed by atoms with Crippen molar-refractivity contribution in [3.05, 3.63) is 29.8 Å². The van der Waals surface area contributed by atoms with Gasteiger partial charge in [0.2, 0.25) is 0 Å². The van der Waals surface area contributed by atoms with Crippen LogP contribution in [0.3, 0.4) is 0 Å². The minimum atomic E-state index is 0.684. The molecule has 0 aliphatic rings. The maximum atomic E-state index is 5.81. The van der Waals surface area contributed by atoms with Crippen LogP contribution in [-0.4, -0.2) is 25.0 Å². The molecule has 72 valence electrons. The number of hydrogen-bond donors (Lipinski definition) is 2. The van der Waals surface area contributed by atoms with Crippen molar-refractivity contribution < 1.29 is 0 Å². The monoisotopic (exact) mass is 179 g/mol. The van der Waals surface area contributed by atoms with E-state index in [1.807, 2.05) is 31.3 Å². The van der Waals surface area contributed by atoms with E-state index < -0.39 is 0 Å². The van der Waals surface area contributed by atoms with Gasteiger partial charge < -0.3 is 16.4 Å². The van der Waals surface area contributed by atoms with Crippen LogP contribution < -0.4 is 11.5 Å². The predicted octanol–water partition coefficient (Wildman–Crippen LogP) is 0.659. The van der Waals surface area contributed by atoms with Crippen molar-refractivity contribution in [2.45, 2.75) is 6.54 Å². The average Bonchev–Trinajstić information content (AvgIpc) is 2.09. The smallest absolute Gasteiger partial charge is 0.0359 e. The van der Waals surface area contributed by atoms with Crippen LogP contribution in [0.25, 0.3) is 0 Å². The van der Waals surface area contributed by atoms with Crippen LogP contribution in [0, 0.1) is 0 Å². The van der Waals surface area contributed by atoms with Crippen molar-refractivity contribution in [2.75, 3.05) is 25.9 Å². The highest BCUT2D eigenvalue weighted by Crippen LogP contribution is 2.11. The van der Waals surface area contributed by atoms with Gasteiger partial charge in [0.25, 0.3) is 0 Å². The van der Waals surface area contributed by atoms with Gasteiger partial charge in [-0.1, -0.05) is 18.2 Å². The predicted molar refractivity (Wildman–Crippen MR) is 56.2 cm³/mol. The van der Waals surface area contributed by atoms with E-state index in [1.165, 1.54) is 5.56 Å². The minimum absolute atomic E-state index is 0.684. The molecule has 0 amide bonds. The molecular weight excluding hydrogens is 162 g/mol. The average molecular weight is 179 g/mol. The van der Waals surface area contributed by atoms with Crippen LogP contribution in [0.15, 0.2) is 24.3 Å². The molecule has 0 aromatic heterocycles. The van der Waals surface area contributed by atoms with Gasteiger partial charge in [-0.05, 0) is 18.7 Å². The molecule has 0 saturated heterocycles. The number of anilines is 1. The first-order valence-corrected chi connectivity index (χ1v) is 4.46. The molecule has 0 aliphatic heterocycles. The summed E-state index contributed by atoms with van der Waals surface area (Å²) >= 11 is 0. The van der Waals surface area contributed by atoms with E-state index in [0.29, 0.717) is 6.54 Å². The van der Waals surface area contributed by atoms with Gasteiger partial charge in [-0.25, -0.2) is 0 Å². The van der Waals surface area contributed by atoms with Crippen molar-refractivity contribution in [3.63, 3.8) is 0 Å². The molecule has 0 bridgehead atoms. The zero-order valence-electron chi connectivity index (χ0n) is 8.03. The number of nitrogen functional groups attached to an aromatic ring is 1. The second-order valence-corrected chi connectivity index (χ2v) is 3.23. The summed E-state index contributed by atoms with van der Waals surface area (Å²) in [6.07, 6.45) is 0. The molecule has 0 heterocycles. The van der Waals surface area contributed by atoms with E-state index in [1.54, 1.807) is 0 Å². The molecule has 1 aromatic carbocycles. The highest BCUT2D eigenvalue weighted by Gasteiger charge is 2.01. The van der Waals surface area contributed by atoms with Crippen molar-refractivity contribution >= 4 is 5.69 Å². The molecule has 13 heavy (non-hydrogen) atoms. The van der Waals surface area contributed by atoms with Crippen molar-refractivity contribution in [1.29, 1.82) is 0 Å². The highest BCUT2D eigenvalue weighted by molar-refractivity contribution is 5.46. The van der Waals surface area contributed by atoms with Gasteiger partial charge in [0.05, 0.1) is 0 Å². The van der Waals surface area contributed by atoms with Gasteiger partial charge in [-0.2, -0.15) is 0 Å². The number of rotatable bonds is 4. The Morgan fingerprint density at radius 2 is 2.00 bits per heavy atom. The quantitative estimate of drug-likeness (QED) is 0.668. The van der Waals surface area contributed by atoms with Gasteiger partial charge in [-0.3, -0.25) is 0 Å². The Balaban J connectivity index is 2.58. The SMILES string of the molecule is CN(CCN)Cc1ccccc1N. The molecule has 4 N–H and O–H groups in total. The standard InChI is InChI=1S/C10H17N3/c1-13(7-6-11)8-9-4-2-3-5-10(9)12/h2-5H,6-8,11-12H2,1H3. The van der Waals surface area contributed by atoms with Crippen LogP contribution in [0.2, 0.25) is 0 Å². The topological polar surface area (TPSA) is 55.3 Å². The molecule has 0 fully saturated rings. The highest BCUT2D eigenvalue weighted by atomic mass is 15.1. The van der Waals surface area contributed by atoms with Gasteiger partial charge in [0.1, 0.15) is 0 Å². The number of likely N-dealkylation sites (N-methyl/N-ethyl adjacent to an activating group) is 1. The number of hydrogen-bond acceptors (Lipinski definition) is 3. The maximum absolute atomic E-state index is 5.81. The Labute approximate surface area is 79.3 Å². The van der Waals surface area contributed by atoms with Crippen molar-refractivity contribution in [3.8, 4) is 0 Å². The van der Waals surface area contributed by atoms with Crippen molar-refractivity contribution in [1.82, 2.24) is 4.90 Å². The molecule has 1 rings (SSSR count). The molecule has 3 heteroatoms. The summed E-state index contributed by atoms with van der Waals surface area (Å²) in [7, 11) is 2.04. The molecule has 3 nitrogen and oxygen atoms in total. The first-order chi connectivity index (χ1) is 6.24. The van der Waals surface area contributed by atoms with Gasteiger partial charge in [-0.15, -0.1) is 0 Å². The number of nitrogens with two attached hydrogens (primary N) is 2. The molecule has 0 radical (unpaired) electrons. The molecule has 1 aromatic rings. The molecule has 0 unspecified atom stereocenters. The summed E-state index contributed by atoms with van der Waals surface area (Å²) in [4.78, 5) is 2.16. The molecule has 0 aliphatic carbocycles. The zero-order valence-corrected chi connectivity index (χ0v) is 8.03. The fourth-order valence-corrected chi connectivity index (χ4v) is 1.27. The largest absolute Gasteiger partial charge is 0.398 e. The van der Waals surface area contributed by atoms with Crippen LogP contribution >= 0.6 is 0 Å². The molecule has 0 saturated carbocycles. The molecular formula is C10H17N3. The van der Waals surface area contributed by atoms with E-state index >= 15 is 0 Å². The fourth-order valence-electron chi connectivity index (χ4n) is 1.27. The lowest BCUT2D eigenvalue weighted by Gasteiger charge is -2.16. The van der Waals surface area contributed by atoms with E-state index in [0.717, 1.165) is 18.8 Å². The zero-order chi connectivity index (χ0) is 9.68. The third-order valence-electron chi connectivity index (χ3n) is 2.01. The van der Waals surface area contributed by atoms with Crippen LogP contribution in [0.4, 0.5) is 5.69 Å². The second-order valence-electron chi connectivity index (χ2n) is 3.23. The van der Waals surface area contributed by atoms with Gasteiger partial charge >= 0.3 is 0 Å². The Kier molecular flexibility index (Phi) is 3.73. The Bertz CT molecular complexity index is 260. The Morgan fingerprint density at radius 3 is 2.62 bits per heavy atom. The van der Waals surface area contributed by atoms with E-state index in [4.69, 9.17) is 11.5 Å². The Morgan fingerprint density at radius 1 is 1.31 bits per heavy atom. The number of para-hydroxylation sites is 1. The lowest BCUT2D eigenvalue weighted by molar-refractivity contribution is 0.337. The van der Waals surface area contributed by atoms with Crippen LogP contribution in [0.1, 0.15) is 5.56 Å². The van der Waals surface area contributed by atoms with Gasteiger partial charge in [0, 0.05) is 25.3 Å². The third-order valence-corrected chi connectivity index (χ3v) is 2.01. The summed E-state index contributed by atoms with van der Waals surface area (Å²) in [6, 6.07) is 7.91. The fraction of sp³-hybridized carbons (Fsp3) is 0.400. The first kappa shape index (κ1) is 10.0. The normalized spacial score (nSPS) is 10.7. The first-order valence-electron chi connectivity index (χ1n) is 4.46. The Hall–Kier alpha value is -1.06. The molecule has 0 spiro atoms. The van der Waals surface area contributed by atoms with Crippen molar-refractivity contribution in [2.24, 2.45) is 5.73 Å². The number of nitrogens with zero attached hydrogens (tertiary/aromatic N) is 1. The summed E-state index contributed by atoms with van der Waals surface area (Å²) in [5.74, 6) is 0. The van der Waals surface area contributed by atoms with E-state index in [9.17, 15) is 0 Å². The third kappa shape index (κ3) is 3.05. The summed E-state index contributed by atoms with van der Waals surface area (Å²) < 4.78 is 0. The summed E-state index contributed by atoms with van der Waals surface area (Å²) in [6.45, 7) is 2.45. The van der Waals surface area contributed by atoms with E-state index in [2.05, 4.69) is 4.90 Å². The maximum Gasteiger partial charge on any atom is 0.0359 e.